The molecule has 1 heterocycles. The zero-order valence-electron chi connectivity index (χ0n) is 12.3. The molecule has 1 aromatic heterocycles. The molecule has 0 aliphatic carbocycles. The lowest BCUT2D eigenvalue weighted by atomic mass is 10.2. The van der Waals surface area contributed by atoms with Crippen LogP contribution in [0.15, 0.2) is 23.1 Å². The molecule has 0 fully saturated rings. The highest BCUT2D eigenvalue weighted by Crippen LogP contribution is 2.23. The van der Waals surface area contributed by atoms with Crippen LogP contribution in [0.4, 0.5) is 5.82 Å². The normalized spacial score (nSPS) is 11.2. The molecule has 0 bridgehead atoms. The van der Waals surface area contributed by atoms with E-state index in [1.54, 1.807) is 39.1 Å². The molecule has 0 amide bonds. The molecule has 0 spiro atoms. The lowest BCUT2D eigenvalue weighted by Crippen LogP contribution is -2.15. The monoisotopic (exact) mass is 304 g/mol. The molecule has 0 unspecified atom stereocenters. The number of aromatic nitrogens is 2. The summed E-state index contributed by atoms with van der Waals surface area (Å²) in [6.07, 6.45) is 0. The van der Waals surface area contributed by atoms with E-state index in [-0.39, 0.29) is 16.3 Å². The summed E-state index contributed by atoms with van der Waals surface area (Å²) in [5.74, 6) is 0.0532. The number of nitriles is 1. The Morgan fingerprint density at radius 1 is 1.29 bits per heavy atom. The number of sulfonamides is 1. The molecule has 2 rings (SSSR count). The standard InChI is InChI=1S/C14H16N4O2S/c1-9-5-6-13(10(2)7-9)21(19,20)17-14-12(8-15)11(3)18(4)16-14/h5-7H,1-4H3,(H,16,17). The molecule has 7 heteroatoms. The Bertz CT molecular complexity index is 845. The zero-order valence-corrected chi connectivity index (χ0v) is 13.1. The van der Waals surface area contributed by atoms with Gasteiger partial charge in [-0.2, -0.15) is 10.4 Å². The van der Waals surface area contributed by atoms with Gasteiger partial charge in [0.25, 0.3) is 10.0 Å². The van der Waals surface area contributed by atoms with Gasteiger partial charge in [0.2, 0.25) is 0 Å². The summed E-state index contributed by atoms with van der Waals surface area (Å²) in [6.45, 7) is 5.34. The first-order chi connectivity index (χ1) is 9.76. The molecular weight excluding hydrogens is 288 g/mol. The third-order valence-corrected chi connectivity index (χ3v) is 4.80. The number of hydrogen-bond acceptors (Lipinski definition) is 4. The van der Waals surface area contributed by atoms with E-state index >= 15 is 0 Å². The van der Waals surface area contributed by atoms with E-state index in [9.17, 15) is 8.42 Å². The van der Waals surface area contributed by atoms with Crippen LogP contribution in [0.3, 0.4) is 0 Å². The molecule has 110 valence electrons. The number of nitrogens with zero attached hydrogens (tertiary/aromatic N) is 3. The average Bonchev–Trinajstić information content (AvgIpc) is 2.63. The van der Waals surface area contributed by atoms with E-state index < -0.39 is 10.0 Å². The fourth-order valence-electron chi connectivity index (χ4n) is 2.10. The van der Waals surface area contributed by atoms with Gasteiger partial charge in [0.1, 0.15) is 11.6 Å². The van der Waals surface area contributed by atoms with E-state index in [4.69, 9.17) is 5.26 Å². The van der Waals surface area contributed by atoms with E-state index in [2.05, 4.69) is 9.82 Å². The summed E-state index contributed by atoms with van der Waals surface area (Å²) in [5, 5.41) is 13.2. The molecule has 6 nitrogen and oxygen atoms in total. The van der Waals surface area contributed by atoms with Gasteiger partial charge in [-0.25, -0.2) is 8.42 Å². The number of aryl methyl sites for hydroxylation is 3. The van der Waals surface area contributed by atoms with E-state index in [0.29, 0.717) is 11.3 Å². The Morgan fingerprint density at radius 3 is 2.52 bits per heavy atom. The van der Waals surface area contributed by atoms with Crippen molar-refractivity contribution in [2.24, 2.45) is 7.05 Å². The van der Waals surface area contributed by atoms with Crippen molar-refractivity contribution in [1.82, 2.24) is 9.78 Å². The molecule has 21 heavy (non-hydrogen) atoms. The minimum atomic E-state index is -3.77. The van der Waals surface area contributed by atoms with Gasteiger partial charge in [0.15, 0.2) is 5.82 Å². The summed E-state index contributed by atoms with van der Waals surface area (Å²) < 4.78 is 28.8. The van der Waals surface area contributed by atoms with Crippen LogP contribution in [-0.2, 0) is 17.1 Å². The number of benzene rings is 1. The highest BCUT2D eigenvalue weighted by atomic mass is 32.2. The van der Waals surface area contributed by atoms with Crippen molar-refractivity contribution in [3.05, 3.63) is 40.6 Å². The minimum Gasteiger partial charge on any atom is -0.269 e. The topological polar surface area (TPSA) is 87.8 Å². The Balaban J connectivity index is 2.48. The van der Waals surface area contributed by atoms with Crippen LogP contribution in [0.2, 0.25) is 0 Å². The molecule has 0 radical (unpaired) electrons. The fourth-order valence-corrected chi connectivity index (χ4v) is 3.33. The molecule has 0 saturated carbocycles. The quantitative estimate of drug-likeness (QED) is 0.939. The summed E-state index contributed by atoms with van der Waals surface area (Å²) in [5.41, 5.74) is 2.47. The van der Waals surface area contributed by atoms with Gasteiger partial charge in [0.05, 0.1) is 10.6 Å². The van der Waals surface area contributed by atoms with Crippen LogP contribution in [0, 0.1) is 32.1 Å². The number of hydrogen-bond donors (Lipinski definition) is 1. The predicted octanol–water partition coefficient (Wildman–Crippen LogP) is 2.02. The van der Waals surface area contributed by atoms with Crippen molar-refractivity contribution in [3.8, 4) is 6.07 Å². The largest absolute Gasteiger partial charge is 0.269 e. The van der Waals surface area contributed by atoms with Gasteiger partial charge in [0, 0.05) is 7.05 Å². The smallest absolute Gasteiger partial charge is 0.263 e. The third kappa shape index (κ3) is 2.76. The average molecular weight is 304 g/mol. The summed E-state index contributed by atoms with van der Waals surface area (Å²) in [7, 11) is -2.12. The molecule has 0 aliphatic heterocycles. The zero-order chi connectivity index (χ0) is 15.8. The van der Waals surface area contributed by atoms with Crippen LogP contribution in [0.25, 0.3) is 0 Å². The third-order valence-electron chi connectivity index (χ3n) is 3.30. The van der Waals surface area contributed by atoms with Crippen LogP contribution in [-0.4, -0.2) is 18.2 Å². The first-order valence-corrected chi connectivity index (χ1v) is 7.78. The Morgan fingerprint density at radius 2 is 1.95 bits per heavy atom. The second kappa shape index (κ2) is 5.22. The molecule has 0 aliphatic rings. The summed E-state index contributed by atoms with van der Waals surface area (Å²) in [6, 6.07) is 7.05. The van der Waals surface area contributed by atoms with Crippen LogP contribution in [0.5, 0.6) is 0 Å². The Hall–Kier alpha value is -2.33. The van der Waals surface area contributed by atoms with Crippen LogP contribution in [0.1, 0.15) is 22.4 Å². The van der Waals surface area contributed by atoms with Crippen molar-refractivity contribution in [2.45, 2.75) is 25.7 Å². The highest BCUT2D eigenvalue weighted by Gasteiger charge is 2.21. The second-order valence-electron chi connectivity index (χ2n) is 4.92. The molecule has 1 aromatic carbocycles. The predicted molar refractivity (Wildman–Crippen MR) is 79.4 cm³/mol. The molecular formula is C14H16N4O2S. The molecule has 1 N–H and O–H groups in total. The highest BCUT2D eigenvalue weighted by molar-refractivity contribution is 7.92. The van der Waals surface area contributed by atoms with Crippen molar-refractivity contribution >= 4 is 15.8 Å². The van der Waals surface area contributed by atoms with Gasteiger partial charge < -0.3 is 0 Å². The van der Waals surface area contributed by atoms with Crippen molar-refractivity contribution < 1.29 is 8.42 Å². The maximum atomic E-state index is 12.5. The number of anilines is 1. The van der Waals surface area contributed by atoms with E-state index in [1.807, 2.05) is 13.0 Å². The van der Waals surface area contributed by atoms with Gasteiger partial charge in [-0.15, -0.1) is 0 Å². The van der Waals surface area contributed by atoms with Gasteiger partial charge >= 0.3 is 0 Å². The Kier molecular flexibility index (Phi) is 3.75. The van der Waals surface area contributed by atoms with E-state index in [1.165, 1.54) is 4.68 Å². The summed E-state index contributed by atoms with van der Waals surface area (Å²) in [4.78, 5) is 0.181. The molecule has 0 atom stereocenters. The first kappa shape index (κ1) is 15.1. The lowest BCUT2D eigenvalue weighted by Gasteiger charge is -2.09. The number of rotatable bonds is 3. The summed E-state index contributed by atoms with van der Waals surface area (Å²) >= 11 is 0. The molecule has 2 aromatic rings. The van der Waals surface area contributed by atoms with Crippen LogP contribution < -0.4 is 4.72 Å². The van der Waals surface area contributed by atoms with Gasteiger partial charge in [-0.3, -0.25) is 9.40 Å². The van der Waals surface area contributed by atoms with Crippen molar-refractivity contribution in [3.63, 3.8) is 0 Å². The fraction of sp³-hybridized carbons (Fsp3) is 0.286. The van der Waals surface area contributed by atoms with E-state index in [0.717, 1.165) is 5.56 Å². The maximum Gasteiger partial charge on any atom is 0.263 e. The lowest BCUT2D eigenvalue weighted by molar-refractivity contribution is 0.600. The minimum absolute atomic E-state index is 0.0532. The Labute approximate surface area is 124 Å². The molecule has 0 saturated heterocycles. The van der Waals surface area contributed by atoms with Crippen molar-refractivity contribution in [1.29, 1.82) is 5.26 Å². The van der Waals surface area contributed by atoms with Gasteiger partial charge in [-0.1, -0.05) is 17.7 Å². The second-order valence-corrected chi connectivity index (χ2v) is 6.57. The SMILES string of the molecule is Cc1ccc(S(=O)(=O)Nc2nn(C)c(C)c2C#N)c(C)c1. The van der Waals surface area contributed by atoms with Gasteiger partial charge in [-0.05, 0) is 32.4 Å². The van der Waals surface area contributed by atoms with Crippen molar-refractivity contribution in [2.75, 3.05) is 4.72 Å². The van der Waals surface area contributed by atoms with Crippen LogP contribution >= 0.6 is 0 Å². The number of nitrogens with one attached hydrogen (secondary N) is 1. The first-order valence-electron chi connectivity index (χ1n) is 6.30. The maximum absolute atomic E-state index is 12.5.